The summed E-state index contributed by atoms with van der Waals surface area (Å²) < 4.78 is 12.3. The van der Waals surface area contributed by atoms with E-state index in [1.807, 2.05) is 0 Å². The lowest BCUT2D eigenvalue weighted by Gasteiger charge is -2.01. The van der Waals surface area contributed by atoms with Gasteiger partial charge in [-0.05, 0) is 24.3 Å². The zero-order valence-electron chi connectivity index (χ0n) is 6.04. The molecule has 1 rings (SSSR count). The van der Waals surface area contributed by atoms with Crippen molar-refractivity contribution in [2.24, 2.45) is 0 Å². The number of anilines is 1. The molecule has 12 heavy (non-hydrogen) atoms. The minimum absolute atomic E-state index is 0.384. The first-order valence-corrected chi connectivity index (χ1v) is 3.19. The molecule has 0 atom stereocenters. The Morgan fingerprint density at radius 2 is 1.92 bits per heavy atom. The smallest absolute Gasteiger partial charge is 0.306 e. The topological polar surface area (TPSA) is 61.4 Å². The number of rotatable bonds is 1. The van der Waals surface area contributed by atoms with Crippen LogP contribution in [0.25, 0.3) is 0 Å². The van der Waals surface area contributed by atoms with Gasteiger partial charge in [-0.3, -0.25) is 5.21 Å². The summed E-state index contributed by atoms with van der Waals surface area (Å²) in [5, 5.41) is 10.4. The van der Waals surface area contributed by atoms with E-state index < -0.39 is 6.03 Å². The van der Waals surface area contributed by atoms with Gasteiger partial charge < -0.3 is 5.32 Å². The van der Waals surface area contributed by atoms with Crippen molar-refractivity contribution in [3.63, 3.8) is 0 Å². The molecule has 0 saturated heterocycles. The van der Waals surface area contributed by atoms with E-state index in [2.05, 4.69) is 5.32 Å². The van der Waals surface area contributed by atoms with Crippen LogP contribution < -0.4 is 10.8 Å². The number of amides is 2. The Balaban J connectivity index is 2.64. The van der Waals surface area contributed by atoms with E-state index in [9.17, 15) is 9.18 Å². The lowest BCUT2D eigenvalue weighted by Crippen LogP contribution is -2.24. The van der Waals surface area contributed by atoms with Crippen LogP contribution in [0.1, 0.15) is 0 Å². The van der Waals surface area contributed by atoms with Gasteiger partial charge in [0.25, 0.3) is 0 Å². The van der Waals surface area contributed by atoms with Gasteiger partial charge in [0.05, 0.1) is 0 Å². The number of urea groups is 1. The van der Waals surface area contributed by atoms with Crippen LogP contribution in [-0.2, 0) is 0 Å². The number of hydroxylamine groups is 1. The maximum atomic E-state index is 12.3. The molecule has 0 aliphatic heterocycles. The first kappa shape index (κ1) is 8.48. The Hall–Kier alpha value is -1.62. The molecule has 4 nitrogen and oxygen atoms in total. The van der Waals surface area contributed by atoms with Crippen LogP contribution in [0.3, 0.4) is 0 Å². The summed E-state index contributed by atoms with van der Waals surface area (Å²) >= 11 is 0. The molecular weight excluding hydrogens is 163 g/mol. The average molecular weight is 170 g/mol. The highest BCUT2D eigenvalue weighted by molar-refractivity contribution is 5.88. The van der Waals surface area contributed by atoms with Crippen LogP contribution in [-0.4, -0.2) is 11.2 Å². The molecule has 0 saturated carbocycles. The Bertz CT molecular complexity index is 273. The van der Waals surface area contributed by atoms with Crippen molar-refractivity contribution in [3.8, 4) is 0 Å². The van der Waals surface area contributed by atoms with E-state index in [1.165, 1.54) is 29.7 Å². The minimum Gasteiger partial charge on any atom is -0.306 e. The molecule has 1 aromatic carbocycles. The van der Waals surface area contributed by atoms with E-state index in [4.69, 9.17) is 5.21 Å². The Morgan fingerprint density at radius 1 is 1.33 bits per heavy atom. The van der Waals surface area contributed by atoms with E-state index >= 15 is 0 Å². The molecule has 5 heteroatoms. The summed E-state index contributed by atoms with van der Waals surface area (Å²) in [4.78, 5) is 10.5. The molecular formula is C7H7FN2O2. The zero-order chi connectivity index (χ0) is 8.97. The fourth-order valence-corrected chi connectivity index (χ4v) is 0.692. The van der Waals surface area contributed by atoms with Crippen molar-refractivity contribution in [3.05, 3.63) is 30.1 Å². The quantitative estimate of drug-likeness (QED) is 0.440. The number of hydrogen-bond donors (Lipinski definition) is 3. The molecule has 2 amide bonds. The standard InChI is InChI=1S/C7H7FN2O2/c8-5-1-3-6(4-2-5)9-7(11)10-12/h1-4,12H,(H2,9,10,11). The largest absolute Gasteiger partial charge is 0.342 e. The van der Waals surface area contributed by atoms with Crippen molar-refractivity contribution in [1.29, 1.82) is 0 Å². The Morgan fingerprint density at radius 3 is 2.42 bits per heavy atom. The number of benzene rings is 1. The summed E-state index contributed by atoms with van der Waals surface area (Å²) in [5.74, 6) is -0.384. The fraction of sp³-hybridized carbons (Fsp3) is 0. The summed E-state index contributed by atoms with van der Waals surface area (Å²) in [6.07, 6.45) is 0. The van der Waals surface area contributed by atoms with Gasteiger partial charge in [0.15, 0.2) is 0 Å². The van der Waals surface area contributed by atoms with Gasteiger partial charge in [-0.2, -0.15) is 0 Å². The Labute approximate surface area is 68.0 Å². The predicted molar refractivity (Wildman–Crippen MR) is 40.3 cm³/mol. The first-order chi connectivity index (χ1) is 5.72. The summed E-state index contributed by atoms with van der Waals surface area (Å²) in [7, 11) is 0. The third kappa shape index (κ3) is 2.21. The molecule has 0 radical (unpaired) electrons. The molecule has 64 valence electrons. The van der Waals surface area contributed by atoms with Crippen LogP contribution in [0.5, 0.6) is 0 Å². The van der Waals surface area contributed by atoms with E-state index in [-0.39, 0.29) is 5.82 Å². The second-order valence-electron chi connectivity index (χ2n) is 2.07. The van der Waals surface area contributed by atoms with E-state index in [0.717, 1.165) is 0 Å². The lowest BCUT2D eigenvalue weighted by atomic mass is 10.3. The van der Waals surface area contributed by atoms with Gasteiger partial charge in [-0.15, -0.1) is 0 Å². The molecule has 0 aliphatic carbocycles. The lowest BCUT2D eigenvalue weighted by molar-refractivity contribution is 0.172. The van der Waals surface area contributed by atoms with Gasteiger partial charge in [-0.25, -0.2) is 14.7 Å². The zero-order valence-corrected chi connectivity index (χ0v) is 6.04. The van der Waals surface area contributed by atoms with E-state index in [0.29, 0.717) is 5.69 Å². The van der Waals surface area contributed by atoms with Crippen LogP contribution in [0.15, 0.2) is 24.3 Å². The minimum atomic E-state index is -0.762. The summed E-state index contributed by atoms with van der Waals surface area (Å²) in [5.41, 5.74) is 1.79. The number of carbonyl (C=O) groups excluding carboxylic acids is 1. The molecule has 0 aromatic heterocycles. The number of hydrogen-bond acceptors (Lipinski definition) is 2. The van der Waals surface area contributed by atoms with Crippen molar-refractivity contribution < 1.29 is 14.4 Å². The molecule has 0 bridgehead atoms. The van der Waals surface area contributed by atoms with Gasteiger partial charge in [0.1, 0.15) is 5.82 Å². The van der Waals surface area contributed by atoms with Crippen molar-refractivity contribution in [1.82, 2.24) is 5.48 Å². The third-order valence-electron chi connectivity index (χ3n) is 1.20. The highest BCUT2D eigenvalue weighted by Crippen LogP contribution is 2.07. The Kier molecular flexibility index (Phi) is 2.60. The second kappa shape index (κ2) is 3.68. The SMILES string of the molecule is O=C(NO)Nc1ccc(F)cc1. The van der Waals surface area contributed by atoms with E-state index in [1.54, 1.807) is 0 Å². The van der Waals surface area contributed by atoms with Gasteiger partial charge in [-0.1, -0.05) is 0 Å². The molecule has 0 heterocycles. The molecule has 0 fully saturated rings. The van der Waals surface area contributed by atoms with Crippen molar-refractivity contribution in [2.45, 2.75) is 0 Å². The second-order valence-corrected chi connectivity index (χ2v) is 2.07. The fourth-order valence-electron chi connectivity index (χ4n) is 0.692. The van der Waals surface area contributed by atoms with Crippen LogP contribution in [0.4, 0.5) is 14.9 Å². The maximum Gasteiger partial charge on any atom is 0.342 e. The average Bonchev–Trinajstić information content (AvgIpc) is 2.09. The highest BCUT2D eigenvalue weighted by Gasteiger charge is 1.97. The molecule has 1 aromatic rings. The first-order valence-electron chi connectivity index (χ1n) is 3.19. The number of halogens is 1. The molecule has 0 unspecified atom stereocenters. The normalized spacial score (nSPS) is 9.17. The molecule has 0 spiro atoms. The van der Waals surface area contributed by atoms with Gasteiger partial charge >= 0.3 is 6.03 Å². The van der Waals surface area contributed by atoms with Crippen LogP contribution >= 0.6 is 0 Å². The van der Waals surface area contributed by atoms with Crippen LogP contribution in [0.2, 0.25) is 0 Å². The number of carbonyl (C=O) groups is 1. The summed E-state index contributed by atoms with van der Waals surface area (Å²) in [6, 6.07) is 4.40. The third-order valence-corrected chi connectivity index (χ3v) is 1.20. The maximum absolute atomic E-state index is 12.3. The van der Waals surface area contributed by atoms with Crippen molar-refractivity contribution in [2.75, 3.05) is 5.32 Å². The number of nitrogens with one attached hydrogen (secondary N) is 2. The van der Waals surface area contributed by atoms with Crippen molar-refractivity contribution >= 4 is 11.7 Å². The molecule has 0 aliphatic rings. The van der Waals surface area contributed by atoms with Gasteiger partial charge in [0, 0.05) is 5.69 Å². The highest BCUT2D eigenvalue weighted by atomic mass is 19.1. The van der Waals surface area contributed by atoms with Crippen LogP contribution in [0, 0.1) is 5.82 Å². The summed E-state index contributed by atoms with van der Waals surface area (Å²) in [6.45, 7) is 0. The predicted octanol–water partition coefficient (Wildman–Crippen LogP) is 1.34. The monoisotopic (exact) mass is 170 g/mol. The molecule has 3 N–H and O–H groups in total. The van der Waals surface area contributed by atoms with Gasteiger partial charge in [0.2, 0.25) is 0 Å².